The summed E-state index contributed by atoms with van der Waals surface area (Å²) < 4.78 is 16.6. The highest BCUT2D eigenvalue weighted by Crippen LogP contribution is 2.40. The highest BCUT2D eigenvalue weighted by molar-refractivity contribution is 6.10. The molecule has 0 amide bonds. The summed E-state index contributed by atoms with van der Waals surface area (Å²) in [6.07, 6.45) is -1.33. The third-order valence-electron chi connectivity index (χ3n) is 5.84. The molecule has 2 atom stereocenters. The Morgan fingerprint density at radius 2 is 1.21 bits per heavy atom. The molecule has 4 rings (SSSR count). The van der Waals surface area contributed by atoms with Crippen LogP contribution in [0, 0.1) is 0 Å². The second-order valence-electron chi connectivity index (χ2n) is 8.13. The number of hydrogen-bond donors (Lipinski definition) is 2. The minimum absolute atomic E-state index is 0.0516. The summed E-state index contributed by atoms with van der Waals surface area (Å²) in [5.74, 6) is -7.96. The van der Waals surface area contributed by atoms with Gasteiger partial charge in [0.2, 0.25) is 11.9 Å². The van der Waals surface area contributed by atoms with Crippen LogP contribution in [0.4, 0.5) is 0 Å². The number of ketones is 1. The van der Waals surface area contributed by atoms with Gasteiger partial charge in [-0.2, -0.15) is 0 Å². The average molecular weight is 514 g/mol. The SMILES string of the molecule is COC1(OC(=O)c2ccccc2)C(=O)C=C(C(=O)O)C(=C(O)c2ccccc2)C1OC(=O)c1ccccc1. The van der Waals surface area contributed by atoms with Crippen LogP contribution in [0.25, 0.3) is 5.76 Å². The van der Waals surface area contributed by atoms with Gasteiger partial charge in [0, 0.05) is 18.7 Å². The zero-order valence-corrected chi connectivity index (χ0v) is 20.1. The Hall–Kier alpha value is -5.02. The molecule has 38 heavy (non-hydrogen) atoms. The van der Waals surface area contributed by atoms with Crippen molar-refractivity contribution in [3.63, 3.8) is 0 Å². The molecule has 0 heterocycles. The van der Waals surface area contributed by atoms with Gasteiger partial charge in [-0.3, -0.25) is 4.79 Å². The molecule has 0 fully saturated rings. The van der Waals surface area contributed by atoms with Crippen LogP contribution in [0.1, 0.15) is 26.3 Å². The molecular weight excluding hydrogens is 492 g/mol. The first-order valence-electron chi connectivity index (χ1n) is 11.4. The molecule has 3 aromatic carbocycles. The first-order chi connectivity index (χ1) is 18.3. The third kappa shape index (κ3) is 4.95. The normalized spacial score (nSPS) is 20.2. The lowest BCUT2D eigenvalue weighted by Crippen LogP contribution is -2.59. The number of methoxy groups -OCH3 is 1. The fourth-order valence-electron chi connectivity index (χ4n) is 3.96. The van der Waals surface area contributed by atoms with Gasteiger partial charge in [-0.1, -0.05) is 66.7 Å². The summed E-state index contributed by atoms with van der Waals surface area (Å²) in [6, 6.07) is 23.2. The van der Waals surface area contributed by atoms with Gasteiger partial charge >= 0.3 is 23.7 Å². The van der Waals surface area contributed by atoms with Crippen molar-refractivity contribution in [3.05, 3.63) is 125 Å². The number of aliphatic hydroxyl groups is 1. The Morgan fingerprint density at radius 1 is 0.737 bits per heavy atom. The molecule has 0 aliphatic heterocycles. The molecule has 1 aliphatic carbocycles. The van der Waals surface area contributed by atoms with Gasteiger partial charge in [0.25, 0.3) is 0 Å². The quantitative estimate of drug-likeness (QED) is 0.273. The maximum Gasteiger partial charge on any atom is 0.341 e. The zero-order chi connectivity index (χ0) is 27.3. The molecule has 0 saturated carbocycles. The van der Waals surface area contributed by atoms with Crippen LogP contribution >= 0.6 is 0 Å². The lowest BCUT2D eigenvalue weighted by Gasteiger charge is -2.39. The van der Waals surface area contributed by atoms with E-state index in [0.29, 0.717) is 6.08 Å². The molecule has 9 heteroatoms. The van der Waals surface area contributed by atoms with Crippen molar-refractivity contribution in [2.24, 2.45) is 0 Å². The molecule has 0 spiro atoms. The van der Waals surface area contributed by atoms with E-state index in [4.69, 9.17) is 14.2 Å². The largest absolute Gasteiger partial charge is 0.507 e. The van der Waals surface area contributed by atoms with Gasteiger partial charge in [-0.25, -0.2) is 14.4 Å². The molecule has 2 N–H and O–H groups in total. The topological polar surface area (TPSA) is 136 Å². The van der Waals surface area contributed by atoms with Crippen molar-refractivity contribution >= 4 is 29.5 Å². The van der Waals surface area contributed by atoms with E-state index in [0.717, 1.165) is 7.11 Å². The van der Waals surface area contributed by atoms with Gasteiger partial charge in [-0.05, 0) is 24.3 Å². The van der Waals surface area contributed by atoms with Crippen LogP contribution < -0.4 is 0 Å². The number of rotatable bonds is 7. The average Bonchev–Trinajstić information content (AvgIpc) is 2.95. The lowest BCUT2D eigenvalue weighted by atomic mass is 9.82. The van der Waals surface area contributed by atoms with Crippen LogP contribution in [-0.4, -0.2) is 52.9 Å². The van der Waals surface area contributed by atoms with E-state index in [9.17, 15) is 29.4 Å². The smallest absolute Gasteiger partial charge is 0.341 e. The molecule has 2 unspecified atom stereocenters. The van der Waals surface area contributed by atoms with E-state index in [2.05, 4.69) is 0 Å². The first kappa shape index (κ1) is 26.1. The second-order valence-corrected chi connectivity index (χ2v) is 8.13. The first-order valence-corrected chi connectivity index (χ1v) is 11.4. The number of benzene rings is 3. The van der Waals surface area contributed by atoms with Gasteiger partial charge in [-0.15, -0.1) is 0 Å². The number of carbonyl (C=O) groups excluding carboxylic acids is 3. The fraction of sp³-hybridized carbons (Fsp3) is 0.103. The molecule has 0 aromatic heterocycles. The van der Waals surface area contributed by atoms with Crippen LogP contribution in [0.3, 0.4) is 0 Å². The Morgan fingerprint density at radius 3 is 1.68 bits per heavy atom. The zero-order valence-electron chi connectivity index (χ0n) is 20.1. The van der Waals surface area contributed by atoms with Gasteiger partial charge in [0.15, 0.2) is 0 Å². The van der Waals surface area contributed by atoms with Gasteiger partial charge in [0.1, 0.15) is 5.76 Å². The number of aliphatic hydroxyl groups excluding tert-OH is 1. The van der Waals surface area contributed by atoms with Crippen LogP contribution in [0.2, 0.25) is 0 Å². The number of hydrogen-bond acceptors (Lipinski definition) is 8. The Labute approximate surface area is 217 Å². The number of esters is 2. The molecule has 192 valence electrons. The predicted octanol–water partition coefficient (Wildman–Crippen LogP) is 3.97. The lowest BCUT2D eigenvalue weighted by molar-refractivity contribution is -0.222. The van der Waals surface area contributed by atoms with Crippen molar-refractivity contribution in [2.45, 2.75) is 11.9 Å². The van der Waals surface area contributed by atoms with E-state index in [-0.39, 0.29) is 16.7 Å². The third-order valence-corrected chi connectivity index (χ3v) is 5.84. The van der Waals surface area contributed by atoms with Crippen molar-refractivity contribution in [3.8, 4) is 0 Å². The highest BCUT2D eigenvalue weighted by Gasteiger charge is 2.58. The maximum atomic E-state index is 13.4. The van der Waals surface area contributed by atoms with E-state index in [1.807, 2.05) is 0 Å². The summed E-state index contributed by atoms with van der Waals surface area (Å²) in [5, 5.41) is 21.2. The van der Waals surface area contributed by atoms with Crippen LogP contribution in [0.5, 0.6) is 0 Å². The molecule has 0 radical (unpaired) electrons. The maximum absolute atomic E-state index is 13.4. The summed E-state index contributed by atoms with van der Waals surface area (Å²) in [5.41, 5.74) is -0.884. The van der Waals surface area contributed by atoms with Crippen LogP contribution in [0.15, 0.2) is 108 Å². The minimum atomic E-state index is -2.66. The van der Waals surface area contributed by atoms with Crippen molar-refractivity contribution in [1.82, 2.24) is 0 Å². The number of carboxylic acid groups (broad SMARTS) is 1. The molecule has 0 bridgehead atoms. The Bertz CT molecular complexity index is 1430. The molecule has 0 saturated heterocycles. The fourth-order valence-corrected chi connectivity index (χ4v) is 3.96. The standard InChI is InChI=1S/C29H22O9/c1-36-29(38-28(35)20-15-9-4-10-16-20)22(30)17-21(26(32)33)23(24(31)18-11-5-2-6-12-18)25(29)37-27(34)19-13-7-3-8-14-19/h2-17,25,31H,1H3,(H,32,33). The van der Waals surface area contributed by atoms with Crippen molar-refractivity contribution in [2.75, 3.05) is 7.11 Å². The molecule has 3 aromatic rings. The molecule has 1 aliphatic rings. The molecule has 9 nitrogen and oxygen atoms in total. The molecular formula is C29H22O9. The predicted molar refractivity (Wildman–Crippen MR) is 134 cm³/mol. The number of aliphatic carboxylic acids is 1. The van der Waals surface area contributed by atoms with Gasteiger partial charge in [0.05, 0.1) is 22.3 Å². The summed E-state index contributed by atoms with van der Waals surface area (Å²) in [7, 11) is 1.04. The van der Waals surface area contributed by atoms with E-state index in [1.54, 1.807) is 54.6 Å². The van der Waals surface area contributed by atoms with Crippen molar-refractivity contribution < 1.29 is 43.6 Å². The Kier molecular flexibility index (Phi) is 7.50. The van der Waals surface area contributed by atoms with E-state index >= 15 is 0 Å². The highest BCUT2D eigenvalue weighted by atomic mass is 16.7. The number of carboxylic acids is 1. The van der Waals surface area contributed by atoms with Crippen LogP contribution in [-0.2, 0) is 23.8 Å². The summed E-state index contributed by atoms with van der Waals surface area (Å²) in [4.78, 5) is 51.9. The summed E-state index contributed by atoms with van der Waals surface area (Å²) >= 11 is 0. The van der Waals surface area contributed by atoms with E-state index < -0.39 is 52.5 Å². The number of carbonyl (C=O) groups is 4. The summed E-state index contributed by atoms with van der Waals surface area (Å²) in [6.45, 7) is 0. The Balaban J connectivity index is 1.94. The minimum Gasteiger partial charge on any atom is -0.507 e. The van der Waals surface area contributed by atoms with Gasteiger partial charge < -0.3 is 24.4 Å². The monoisotopic (exact) mass is 514 g/mol. The van der Waals surface area contributed by atoms with E-state index in [1.165, 1.54) is 36.4 Å². The van der Waals surface area contributed by atoms with Crippen molar-refractivity contribution in [1.29, 1.82) is 0 Å². The number of ether oxygens (including phenoxy) is 3. The second kappa shape index (κ2) is 10.9.